The Morgan fingerprint density at radius 3 is 2.89 bits per heavy atom. The van der Waals surface area contributed by atoms with Gasteiger partial charge in [0.05, 0.1) is 17.3 Å². The number of rotatable bonds is 2. The van der Waals surface area contributed by atoms with Gasteiger partial charge in [0.1, 0.15) is 11.0 Å². The summed E-state index contributed by atoms with van der Waals surface area (Å²) in [5.74, 6) is -0.405. The second-order valence-corrected chi connectivity index (χ2v) is 4.90. The fourth-order valence-corrected chi connectivity index (χ4v) is 2.38. The van der Waals surface area contributed by atoms with Gasteiger partial charge >= 0.3 is 0 Å². The maximum atomic E-state index is 13.8. The van der Waals surface area contributed by atoms with Crippen LogP contribution in [0.25, 0.3) is 11.3 Å². The van der Waals surface area contributed by atoms with Crippen LogP contribution in [-0.2, 0) is 4.74 Å². The predicted octanol–water partition coefficient (Wildman–Crippen LogP) is 3.09. The number of hydrogen-bond acceptors (Lipinski definition) is 3. The summed E-state index contributed by atoms with van der Waals surface area (Å²) in [6.45, 7) is 1.49. The highest BCUT2D eigenvalue weighted by Crippen LogP contribution is 2.25. The van der Waals surface area contributed by atoms with E-state index in [0.717, 1.165) is 26.1 Å². The summed E-state index contributed by atoms with van der Waals surface area (Å²) in [4.78, 5) is 3.89. The summed E-state index contributed by atoms with van der Waals surface area (Å²) >= 11 is 5.64. The zero-order valence-electron chi connectivity index (χ0n) is 10.2. The molecule has 0 atom stereocenters. The molecule has 0 aliphatic carbocycles. The number of ether oxygens (including phenoxy) is 1. The van der Waals surface area contributed by atoms with E-state index in [0.29, 0.717) is 17.3 Å². The van der Waals surface area contributed by atoms with Crippen molar-refractivity contribution >= 4 is 11.6 Å². The molecular formula is C13H13ClFN3O. The highest BCUT2D eigenvalue weighted by atomic mass is 35.5. The maximum absolute atomic E-state index is 13.8. The molecule has 1 aliphatic rings. The third kappa shape index (κ3) is 2.62. The molecule has 1 saturated heterocycles. The van der Waals surface area contributed by atoms with Crippen molar-refractivity contribution in [1.82, 2.24) is 14.8 Å². The lowest BCUT2D eigenvalue weighted by Crippen LogP contribution is -2.19. The first-order valence-electron chi connectivity index (χ1n) is 6.18. The Morgan fingerprint density at radius 2 is 2.16 bits per heavy atom. The minimum atomic E-state index is -0.405. The van der Waals surface area contributed by atoms with Crippen molar-refractivity contribution in [3.05, 3.63) is 35.5 Å². The Labute approximate surface area is 115 Å². The number of hydrogen-bond donors (Lipinski definition) is 0. The Morgan fingerprint density at radius 1 is 1.37 bits per heavy atom. The molecule has 3 heterocycles. The van der Waals surface area contributed by atoms with Crippen molar-refractivity contribution < 1.29 is 9.13 Å². The molecule has 0 aromatic carbocycles. The Balaban J connectivity index is 1.87. The van der Waals surface area contributed by atoms with Crippen LogP contribution in [0.3, 0.4) is 0 Å². The summed E-state index contributed by atoms with van der Waals surface area (Å²) < 4.78 is 21.0. The molecule has 0 bridgehead atoms. The summed E-state index contributed by atoms with van der Waals surface area (Å²) in [7, 11) is 0. The number of aromatic nitrogens is 3. The van der Waals surface area contributed by atoms with Crippen LogP contribution in [0.15, 0.2) is 24.5 Å². The zero-order valence-corrected chi connectivity index (χ0v) is 11.0. The van der Waals surface area contributed by atoms with Crippen LogP contribution < -0.4 is 0 Å². The Kier molecular flexibility index (Phi) is 3.48. The van der Waals surface area contributed by atoms with E-state index in [-0.39, 0.29) is 5.15 Å². The van der Waals surface area contributed by atoms with Gasteiger partial charge in [0.15, 0.2) is 0 Å². The summed E-state index contributed by atoms with van der Waals surface area (Å²) in [5.41, 5.74) is 0.948. The number of pyridine rings is 1. The molecule has 0 saturated carbocycles. The van der Waals surface area contributed by atoms with Crippen LogP contribution in [0.5, 0.6) is 0 Å². The first kappa shape index (κ1) is 12.6. The standard InChI is InChI=1S/C13H13ClFN3O/c14-13-7-11(15)10(8-16-13)12-1-4-18(17-12)9-2-5-19-6-3-9/h1,4,7-9H,2-3,5-6H2. The second-order valence-electron chi connectivity index (χ2n) is 4.51. The van der Waals surface area contributed by atoms with Gasteiger partial charge in [0, 0.05) is 31.7 Å². The Bertz CT molecular complexity index is 581. The molecule has 1 aliphatic heterocycles. The minimum absolute atomic E-state index is 0.144. The summed E-state index contributed by atoms with van der Waals surface area (Å²) in [6.07, 6.45) is 5.15. The lowest BCUT2D eigenvalue weighted by Gasteiger charge is -2.22. The number of halogens is 2. The van der Waals surface area contributed by atoms with Crippen molar-refractivity contribution in [3.63, 3.8) is 0 Å². The zero-order chi connectivity index (χ0) is 13.2. The fraction of sp³-hybridized carbons (Fsp3) is 0.385. The van der Waals surface area contributed by atoms with Gasteiger partial charge in [-0.1, -0.05) is 11.6 Å². The average Bonchev–Trinajstić information content (AvgIpc) is 2.89. The third-order valence-electron chi connectivity index (χ3n) is 3.27. The monoisotopic (exact) mass is 281 g/mol. The number of nitrogens with zero attached hydrogens (tertiary/aromatic N) is 3. The molecule has 3 rings (SSSR count). The van der Waals surface area contributed by atoms with Gasteiger partial charge in [-0.05, 0) is 18.9 Å². The van der Waals surface area contributed by atoms with Crippen LogP contribution in [0, 0.1) is 5.82 Å². The van der Waals surface area contributed by atoms with E-state index in [4.69, 9.17) is 16.3 Å². The van der Waals surface area contributed by atoms with Crippen molar-refractivity contribution in [2.75, 3.05) is 13.2 Å². The molecule has 1 fully saturated rings. The predicted molar refractivity (Wildman–Crippen MR) is 69.5 cm³/mol. The molecule has 100 valence electrons. The van der Waals surface area contributed by atoms with Crippen molar-refractivity contribution in [2.24, 2.45) is 0 Å². The van der Waals surface area contributed by atoms with Crippen molar-refractivity contribution in [3.8, 4) is 11.3 Å². The quantitative estimate of drug-likeness (QED) is 0.794. The van der Waals surface area contributed by atoms with E-state index in [1.165, 1.54) is 12.3 Å². The largest absolute Gasteiger partial charge is 0.381 e. The van der Waals surface area contributed by atoms with E-state index in [1.54, 1.807) is 6.07 Å². The first-order chi connectivity index (χ1) is 9.24. The summed E-state index contributed by atoms with van der Waals surface area (Å²) in [5, 5.41) is 4.58. The van der Waals surface area contributed by atoms with Gasteiger partial charge in [0.25, 0.3) is 0 Å². The van der Waals surface area contributed by atoms with Gasteiger partial charge in [-0.3, -0.25) is 4.68 Å². The lowest BCUT2D eigenvalue weighted by molar-refractivity contribution is 0.0663. The average molecular weight is 282 g/mol. The van der Waals surface area contributed by atoms with Gasteiger partial charge in [0.2, 0.25) is 0 Å². The smallest absolute Gasteiger partial charge is 0.137 e. The van der Waals surface area contributed by atoms with Crippen molar-refractivity contribution in [2.45, 2.75) is 18.9 Å². The van der Waals surface area contributed by atoms with Crippen LogP contribution in [0.4, 0.5) is 4.39 Å². The van der Waals surface area contributed by atoms with Gasteiger partial charge in [-0.25, -0.2) is 9.37 Å². The molecule has 0 N–H and O–H groups in total. The maximum Gasteiger partial charge on any atom is 0.137 e. The molecule has 2 aromatic rings. The minimum Gasteiger partial charge on any atom is -0.381 e. The van der Waals surface area contributed by atoms with Crippen LogP contribution >= 0.6 is 11.6 Å². The SMILES string of the molecule is Fc1cc(Cl)ncc1-c1ccn(C2CCOCC2)n1. The van der Waals surface area contributed by atoms with Crippen molar-refractivity contribution in [1.29, 1.82) is 0 Å². The van der Waals surface area contributed by atoms with Crippen LogP contribution in [0.2, 0.25) is 5.15 Å². The molecule has 0 amide bonds. The molecule has 0 radical (unpaired) electrons. The molecule has 2 aromatic heterocycles. The van der Waals surface area contributed by atoms with Gasteiger partial charge < -0.3 is 4.74 Å². The highest BCUT2D eigenvalue weighted by molar-refractivity contribution is 6.29. The van der Waals surface area contributed by atoms with E-state index in [2.05, 4.69) is 10.1 Å². The first-order valence-corrected chi connectivity index (χ1v) is 6.56. The lowest BCUT2D eigenvalue weighted by atomic mass is 10.1. The van der Waals surface area contributed by atoms with Gasteiger partial charge in [-0.2, -0.15) is 5.10 Å². The molecule has 6 heteroatoms. The van der Waals surface area contributed by atoms with E-state index < -0.39 is 5.82 Å². The Hall–Kier alpha value is -1.46. The topological polar surface area (TPSA) is 39.9 Å². The molecule has 0 unspecified atom stereocenters. The molecule has 4 nitrogen and oxygen atoms in total. The van der Waals surface area contributed by atoms with E-state index >= 15 is 0 Å². The van der Waals surface area contributed by atoms with Gasteiger partial charge in [-0.15, -0.1) is 0 Å². The highest BCUT2D eigenvalue weighted by Gasteiger charge is 2.17. The molecule has 19 heavy (non-hydrogen) atoms. The summed E-state index contributed by atoms with van der Waals surface area (Å²) in [6, 6.07) is 3.32. The third-order valence-corrected chi connectivity index (χ3v) is 3.48. The molecule has 0 spiro atoms. The second kappa shape index (κ2) is 5.27. The normalized spacial score (nSPS) is 16.7. The van der Waals surface area contributed by atoms with E-state index in [9.17, 15) is 4.39 Å². The van der Waals surface area contributed by atoms with E-state index in [1.807, 2.05) is 10.9 Å². The van der Waals surface area contributed by atoms with Crippen LogP contribution in [0.1, 0.15) is 18.9 Å². The van der Waals surface area contributed by atoms with Crippen LogP contribution in [-0.4, -0.2) is 28.0 Å². The molecular weight excluding hydrogens is 269 g/mol. The fourth-order valence-electron chi connectivity index (χ4n) is 2.23.